The van der Waals surface area contributed by atoms with E-state index in [1.807, 2.05) is 30.3 Å². The summed E-state index contributed by atoms with van der Waals surface area (Å²) in [6.07, 6.45) is 1.50. The quantitative estimate of drug-likeness (QED) is 0.586. The summed E-state index contributed by atoms with van der Waals surface area (Å²) in [7, 11) is 0. The molecule has 156 valence electrons. The number of hydrogen-bond donors (Lipinski definition) is 2. The van der Waals surface area contributed by atoms with Gasteiger partial charge in [0.1, 0.15) is 17.4 Å². The zero-order valence-electron chi connectivity index (χ0n) is 16.2. The molecule has 0 saturated heterocycles. The van der Waals surface area contributed by atoms with Gasteiger partial charge < -0.3 is 19.9 Å². The Bertz CT molecular complexity index is 898. The predicted molar refractivity (Wildman–Crippen MR) is 112 cm³/mol. The number of aromatic nitrogens is 1. The van der Waals surface area contributed by atoms with Gasteiger partial charge in [-0.25, -0.2) is 0 Å². The molecule has 0 aliphatic heterocycles. The number of nitrogens with one attached hydrogen (secondary N) is 2. The zero-order valence-corrected chi connectivity index (χ0v) is 17.7. The number of nitrogens with zero attached hydrogens (tertiary/aromatic N) is 1. The third-order valence-corrected chi connectivity index (χ3v) is 4.41. The normalized spacial score (nSPS) is 12.7. The van der Waals surface area contributed by atoms with Gasteiger partial charge in [-0.05, 0) is 19.4 Å². The molecule has 9 heteroatoms. The van der Waals surface area contributed by atoms with Crippen molar-refractivity contribution >= 4 is 35.0 Å². The van der Waals surface area contributed by atoms with Crippen LogP contribution in [-0.2, 0) is 29.4 Å². The fourth-order valence-corrected chi connectivity index (χ4v) is 2.51. The third-order valence-electron chi connectivity index (χ3n) is 4.01. The van der Waals surface area contributed by atoms with Crippen molar-refractivity contribution in [2.75, 3.05) is 0 Å². The van der Waals surface area contributed by atoms with Gasteiger partial charge in [-0.15, -0.1) is 23.2 Å². The van der Waals surface area contributed by atoms with Crippen LogP contribution in [0, 0.1) is 0 Å². The number of amides is 2. The van der Waals surface area contributed by atoms with Crippen molar-refractivity contribution in [1.29, 1.82) is 0 Å². The molecule has 0 spiro atoms. The Hall–Kier alpha value is -2.51. The molecule has 0 fully saturated rings. The standard InChI is InChI=1S/C20H23Cl2N3O4/c1-13(21)19(27)23-9-16-8-17(26)18(29-11-15-6-4-3-5-7-15)10-25(16)12-24-20(28)14(2)22/h3-8,10,13-14H,9,11-12H2,1-2H3,(H,23,27)(H,24,28). The van der Waals surface area contributed by atoms with Gasteiger partial charge in [-0.3, -0.25) is 14.4 Å². The van der Waals surface area contributed by atoms with Crippen LogP contribution < -0.4 is 20.8 Å². The van der Waals surface area contributed by atoms with E-state index in [4.69, 9.17) is 27.9 Å². The first kappa shape index (κ1) is 22.8. The second-order valence-corrected chi connectivity index (χ2v) is 7.70. The predicted octanol–water partition coefficient (Wildman–Crippen LogP) is 2.37. The molecule has 1 aromatic carbocycles. The first-order chi connectivity index (χ1) is 13.8. The summed E-state index contributed by atoms with van der Waals surface area (Å²) < 4.78 is 7.27. The zero-order chi connectivity index (χ0) is 21.4. The molecule has 1 heterocycles. The van der Waals surface area contributed by atoms with Crippen LogP contribution in [0.2, 0.25) is 0 Å². The van der Waals surface area contributed by atoms with Crippen molar-refractivity contribution < 1.29 is 14.3 Å². The molecule has 2 aromatic rings. The Morgan fingerprint density at radius 3 is 2.31 bits per heavy atom. The van der Waals surface area contributed by atoms with Crippen LogP contribution in [-0.4, -0.2) is 27.1 Å². The minimum absolute atomic E-state index is 0.0551. The largest absolute Gasteiger partial charge is 0.483 e. The molecule has 7 nitrogen and oxygen atoms in total. The van der Waals surface area contributed by atoms with E-state index in [-0.39, 0.29) is 42.8 Å². The minimum atomic E-state index is -0.708. The average Bonchev–Trinajstić information content (AvgIpc) is 2.70. The highest BCUT2D eigenvalue weighted by atomic mass is 35.5. The van der Waals surface area contributed by atoms with E-state index < -0.39 is 10.8 Å². The molecule has 0 saturated carbocycles. The molecule has 2 rings (SSSR count). The molecular formula is C20H23Cl2N3O4. The number of halogens is 2. The Kier molecular flexibility index (Phi) is 8.54. The number of ether oxygens (including phenoxy) is 1. The summed E-state index contributed by atoms with van der Waals surface area (Å²) >= 11 is 11.5. The van der Waals surface area contributed by atoms with Crippen molar-refractivity contribution in [2.45, 2.75) is 44.4 Å². The van der Waals surface area contributed by atoms with Crippen LogP contribution in [0.3, 0.4) is 0 Å². The molecule has 0 aliphatic rings. The molecule has 2 amide bonds. The third kappa shape index (κ3) is 7.11. The summed E-state index contributed by atoms with van der Waals surface area (Å²) in [6.45, 7) is 3.45. The second kappa shape index (κ2) is 10.9. The van der Waals surface area contributed by atoms with Gasteiger partial charge in [-0.2, -0.15) is 0 Å². The maximum absolute atomic E-state index is 12.5. The van der Waals surface area contributed by atoms with Crippen molar-refractivity contribution in [3.63, 3.8) is 0 Å². The lowest BCUT2D eigenvalue weighted by atomic mass is 10.2. The first-order valence-electron chi connectivity index (χ1n) is 9.01. The maximum atomic E-state index is 12.5. The number of rotatable bonds is 9. The second-order valence-electron chi connectivity index (χ2n) is 6.39. The van der Waals surface area contributed by atoms with Crippen molar-refractivity contribution in [3.05, 3.63) is 64.1 Å². The van der Waals surface area contributed by atoms with Gasteiger partial charge in [0.05, 0.1) is 19.4 Å². The Morgan fingerprint density at radius 2 is 1.69 bits per heavy atom. The highest BCUT2D eigenvalue weighted by Gasteiger charge is 2.14. The molecule has 2 N–H and O–H groups in total. The topological polar surface area (TPSA) is 89.4 Å². The summed E-state index contributed by atoms with van der Waals surface area (Å²) in [5, 5.41) is 3.90. The number of pyridine rings is 1. The van der Waals surface area contributed by atoms with Crippen molar-refractivity contribution in [3.8, 4) is 5.75 Å². The molecule has 0 radical (unpaired) electrons. The smallest absolute Gasteiger partial charge is 0.239 e. The van der Waals surface area contributed by atoms with Crippen LogP contribution >= 0.6 is 23.2 Å². The Labute approximate surface area is 179 Å². The minimum Gasteiger partial charge on any atom is -0.483 e. The Balaban J connectivity index is 2.21. The van der Waals surface area contributed by atoms with E-state index in [1.165, 1.54) is 12.3 Å². The van der Waals surface area contributed by atoms with Gasteiger partial charge in [0, 0.05) is 11.8 Å². The van der Waals surface area contributed by atoms with E-state index in [1.54, 1.807) is 18.4 Å². The van der Waals surface area contributed by atoms with E-state index in [0.717, 1.165) is 5.56 Å². The lowest BCUT2D eigenvalue weighted by Gasteiger charge is -2.17. The SMILES string of the molecule is CC(Cl)C(=O)NCc1cc(=O)c(OCc2ccccc2)cn1CNC(=O)C(C)Cl. The molecule has 2 unspecified atom stereocenters. The number of carbonyl (C=O) groups excluding carboxylic acids is 2. The number of benzene rings is 1. The van der Waals surface area contributed by atoms with Gasteiger partial charge in [0.2, 0.25) is 17.2 Å². The van der Waals surface area contributed by atoms with Crippen LogP contribution in [0.15, 0.2) is 47.4 Å². The summed E-state index contributed by atoms with van der Waals surface area (Å²) in [4.78, 5) is 36.0. The number of carbonyl (C=O) groups is 2. The van der Waals surface area contributed by atoms with Crippen molar-refractivity contribution in [1.82, 2.24) is 15.2 Å². The highest BCUT2D eigenvalue weighted by molar-refractivity contribution is 6.30. The van der Waals surface area contributed by atoms with Crippen LogP contribution in [0.1, 0.15) is 25.1 Å². The van der Waals surface area contributed by atoms with E-state index in [0.29, 0.717) is 5.69 Å². The molecule has 0 aliphatic carbocycles. The number of alkyl halides is 2. The summed E-state index contributed by atoms with van der Waals surface area (Å²) in [5.41, 5.74) is 1.06. The van der Waals surface area contributed by atoms with E-state index in [2.05, 4.69) is 10.6 Å². The molecule has 2 atom stereocenters. The van der Waals surface area contributed by atoms with Crippen molar-refractivity contribution in [2.24, 2.45) is 0 Å². The molecule has 29 heavy (non-hydrogen) atoms. The molecule has 0 bridgehead atoms. The van der Waals surface area contributed by atoms with Crippen LogP contribution in [0.5, 0.6) is 5.75 Å². The van der Waals surface area contributed by atoms with E-state index in [9.17, 15) is 14.4 Å². The van der Waals surface area contributed by atoms with Crippen LogP contribution in [0.4, 0.5) is 0 Å². The van der Waals surface area contributed by atoms with Gasteiger partial charge in [0.15, 0.2) is 5.75 Å². The summed E-state index contributed by atoms with van der Waals surface area (Å²) in [5.74, 6) is -0.599. The first-order valence-corrected chi connectivity index (χ1v) is 9.89. The monoisotopic (exact) mass is 439 g/mol. The lowest BCUT2D eigenvalue weighted by molar-refractivity contribution is -0.121. The number of hydrogen-bond acceptors (Lipinski definition) is 4. The lowest BCUT2D eigenvalue weighted by Crippen LogP contribution is -2.35. The maximum Gasteiger partial charge on any atom is 0.239 e. The van der Waals surface area contributed by atoms with Crippen LogP contribution in [0.25, 0.3) is 0 Å². The van der Waals surface area contributed by atoms with Gasteiger partial charge in [-0.1, -0.05) is 30.3 Å². The Morgan fingerprint density at radius 1 is 1.07 bits per heavy atom. The average molecular weight is 440 g/mol. The summed E-state index contributed by atoms with van der Waals surface area (Å²) in [6, 6.07) is 10.8. The fraction of sp³-hybridized carbons (Fsp3) is 0.350. The van der Waals surface area contributed by atoms with E-state index >= 15 is 0 Å². The van der Waals surface area contributed by atoms with Gasteiger partial charge >= 0.3 is 0 Å². The van der Waals surface area contributed by atoms with Gasteiger partial charge in [0.25, 0.3) is 0 Å². The fourth-order valence-electron chi connectivity index (χ4n) is 2.36. The highest BCUT2D eigenvalue weighted by Crippen LogP contribution is 2.10. The molecule has 1 aromatic heterocycles. The molecular weight excluding hydrogens is 417 g/mol.